The Morgan fingerprint density at radius 2 is 1.87 bits per heavy atom. The van der Waals surface area contributed by atoms with Crippen molar-refractivity contribution in [3.8, 4) is 0 Å². The van der Waals surface area contributed by atoms with E-state index in [0.717, 1.165) is 16.4 Å². The van der Waals surface area contributed by atoms with Crippen molar-refractivity contribution in [3.63, 3.8) is 0 Å². The second-order valence-corrected chi connectivity index (χ2v) is 6.84. The summed E-state index contributed by atoms with van der Waals surface area (Å²) in [6.07, 6.45) is 1.97. The zero-order valence-electron chi connectivity index (χ0n) is 13.9. The highest BCUT2D eigenvalue weighted by Gasteiger charge is 2.52. The van der Waals surface area contributed by atoms with Gasteiger partial charge in [0.25, 0.3) is 0 Å². The fraction of sp³-hybridized carbons (Fsp3) is 0.438. The fourth-order valence-electron chi connectivity index (χ4n) is 2.50. The summed E-state index contributed by atoms with van der Waals surface area (Å²) < 4.78 is 17.2. The zero-order valence-corrected chi connectivity index (χ0v) is 13.9. The lowest BCUT2D eigenvalue weighted by Gasteiger charge is -2.32. The lowest BCUT2D eigenvalue weighted by molar-refractivity contribution is 0.00578. The van der Waals surface area contributed by atoms with Crippen LogP contribution in [0.1, 0.15) is 33.3 Å². The third kappa shape index (κ3) is 2.76. The van der Waals surface area contributed by atoms with Crippen LogP contribution in [0.4, 0.5) is 5.82 Å². The number of nitrogens with zero attached hydrogens (tertiary/aromatic N) is 1. The van der Waals surface area contributed by atoms with E-state index in [4.69, 9.17) is 25.3 Å². The van der Waals surface area contributed by atoms with E-state index >= 15 is 0 Å². The van der Waals surface area contributed by atoms with E-state index in [0.29, 0.717) is 17.9 Å². The molecular weight excluding hydrogens is 293 g/mol. The molecular formula is C16H22BN3O3. The van der Waals surface area contributed by atoms with Crippen molar-refractivity contribution >= 4 is 30.0 Å². The number of rotatable bonds is 3. The van der Waals surface area contributed by atoms with Crippen molar-refractivity contribution in [2.45, 2.75) is 38.9 Å². The van der Waals surface area contributed by atoms with Crippen LogP contribution < -0.4 is 11.5 Å². The third-order valence-electron chi connectivity index (χ3n) is 4.67. The number of hydrogen-bond acceptors (Lipinski definition) is 6. The summed E-state index contributed by atoms with van der Waals surface area (Å²) in [6, 6.07) is 5.68. The van der Waals surface area contributed by atoms with E-state index in [2.05, 4.69) is 5.16 Å². The molecule has 4 N–H and O–H groups in total. The lowest BCUT2D eigenvalue weighted by atomic mass is 9.77. The van der Waals surface area contributed by atoms with Crippen LogP contribution in [-0.2, 0) is 9.31 Å². The van der Waals surface area contributed by atoms with Gasteiger partial charge in [0.2, 0.25) is 0 Å². The van der Waals surface area contributed by atoms with Gasteiger partial charge in [0.15, 0.2) is 11.4 Å². The fourth-order valence-corrected chi connectivity index (χ4v) is 2.50. The van der Waals surface area contributed by atoms with Gasteiger partial charge in [0, 0.05) is 6.54 Å². The van der Waals surface area contributed by atoms with Crippen LogP contribution >= 0.6 is 0 Å². The molecule has 0 amide bonds. The smallest absolute Gasteiger partial charge is 0.400 e. The molecule has 2 aromatic rings. The second kappa shape index (κ2) is 5.37. The maximum Gasteiger partial charge on any atom is 0.491 e. The SMILES string of the molecule is CC1(C)OB(C(=Cc2ccc3onc(N)c3c2)CN)OC1(C)C. The van der Waals surface area contributed by atoms with Crippen LogP contribution in [-0.4, -0.2) is 30.0 Å². The van der Waals surface area contributed by atoms with Crippen molar-refractivity contribution in [2.24, 2.45) is 5.73 Å². The maximum absolute atomic E-state index is 6.06. The van der Waals surface area contributed by atoms with Crippen molar-refractivity contribution in [1.29, 1.82) is 0 Å². The number of fused-ring (bicyclic) bond motifs is 1. The number of hydrogen-bond donors (Lipinski definition) is 2. The van der Waals surface area contributed by atoms with Crippen molar-refractivity contribution in [2.75, 3.05) is 12.3 Å². The summed E-state index contributed by atoms with van der Waals surface area (Å²) >= 11 is 0. The summed E-state index contributed by atoms with van der Waals surface area (Å²) in [4.78, 5) is 0. The van der Waals surface area contributed by atoms with Gasteiger partial charge in [0.05, 0.1) is 16.6 Å². The molecule has 1 saturated heterocycles. The van der Waals surface area contributed by atoms with Gasteiger partial charge < -0.3 is 25.3 Å². The molecule has 0 saturated carbocycles. The van der Waals surface area contributed by atoms with Crippen LogP contribution in [0.3, 0.4) is 0 Å². The zero-order chi connectivity index (χ0) is 16.8. The molecule has 0 aliphatic carbocycles. The van der Waals surface area contributed by atoms with Crippen LogP contribution in [0, 0.1) is 0 Å². The Balaban J connectivity index is 1.93. The molecule has 0 spiro atoms. The van der Waals surface area contributed by atoms with Gasteiger partial charge >= 0.3 is 7.12 Å². The molecule has 1 aromatic heterocycles. The minimum atomic E-state index is -0.458. The van der Waals surface area contributed by atoms with Gasteiger partial charge in [-0.05, 0) is 50.9 Å². The van der Waals surface area contributed by atoms with Gasteiger partial charge in [-0.15, -0.1) is 0 Å². The van der Waals surface area contributed by atoms with Crippen LogP contribution in [0.15, 0.2) is 28.2 Å². The summed E-state index contributed by atoms with van der Waals surface area (Å²) in [5.74, 6) is 0.375. The molecule has 1 fully saturated rings. The largest absolute Gasteiger partial charge is 0.491 e. The van der Waals surface area contributed by atoms with Gasteiger partial charge in [-0.1, -0.05) is 17.3 Å². The van der Waals surface area contributed by atoms with E-state index in [1.165, 1.54) is 0 Å². The Hall–Kier alpha value is -1.83. The third-order valence-corrected chi connectivity index (χ3v) is 4.67. The van der Waals surface area contributed by atoms with Gasteiger partial charge in [-0.25, -0.2) is 0 Å². The molecule has 0 unspecified atom stereocenters. The first-order valence-corrected chi connectivity index (χ1v) is 7.64. The lowest BCUT2D eigenvalue weighted by Crippen LogP contribution is -2.41. The topological polar surface area (TPSA) is 96.5 Å². The summed E-state index contributed by atoms with van der Waals surface area (Å²) in [5.41, 5.74) is 13.4. The van der Waals surface area contributed by atoms with Crippen molar-refractivity contribution in [1.82, 2.24) is 5.16 Å². The number of benzene rings is 1. The monoisotopic (exact) mass is 315 g/mol. The number of aromatic nitrogens is 1. The molecule has 0 bridgehead atoms. The van der Waals surface area contributed by atoms with Crippen LogP contribution in [0.5, 0.6) is 0 Å². The maximum atomic E-state index is 6.06. The minimum Gasteiger partial charge on any atom is -0.400 e. The number of nitrogen functional groups attached to an aromatic ring is 1. The Labute approximate surface area is 135 Å². The Morgan fingerprint density at radius 1 is 1.22 bits per heavy atom. The normalized spacial score (nSPS) is 20.4. The molecule has 1 aliphatic heterocycles. The quantitative estimate of drug-likeness (QED) is 0.844. The van der Waals surface area contributed by atoms with Crippen molar-refractivity contribution in [3.05, 3.63) is 29.2 Å². The molecule has 23 heavy (non-hydrogen) atoms. The Bertz CT molecular complexity index is 751. The molecule has 1 aliphatic rings. The molecule has 1 aromatic carbocycles. The van der Waals surface area contributed by atoms with E-state index in [-0.39, 0.29) is 0 Å². The number of nitrogens with two attached hydrogens (primary N) is 2. The van der Waals surface area contributed by atoms with E-state index in [1.54, 1.807) is 0 Å². The summed E-state index contributed by atoms with van der Waals surface area (Å²) in [6.45, 7) is 8.42. The molecule has 3 rings (SSSR count). The van der Waals surface area contributed by atoms with Gasteiger partial charge in [0.1, 0.15) is 0 Å². The van der Waals surface area contributed by atoms with Gasteiger partial charge in [-0.2, -0.15) is 0 Å². The summed E-state index contributed by atoms with van der Waals surface area (Å²) in [5, 5.41) is 4.54. The van der Waals surface area contributed by atoms with E-state index in [1.807, 2.05) is 52.0 Å². The number of anilines is 1. The highest BCUT2D eigenvalue weighted by Crippen LogP contribution is 2.38. The summed E-state index contributed by atoms with van der Waals surface area (Å²) in [7, 11) is -0.458. The highest BCUT2D eigenvalue weighted by molar-refractivity contribution is 6.55. The highest BCUT2D eigenvalue weighted by atomic mass is 16.7. The first-order valence-electron chi connectivity index (χ1n) is 7.64. The first-order chi connectivity index (χ1) is 10.7. The molecule has 0 atom stereocenters. The van der Waals surface area contributed by atoms with Gasteiger partial charge in [-0.3, -0.25) is 0 Å². The average molecular weight is 315 g/mol. The first kappa shape index (κ1) is 16.0. The average Bonchev–Trinajstić information content (AvgIpc) is 2.94. The molecule has 2 heterocycles. The predicted molar refractivity (Wildman–Crippen MR) is 91.5 cm³/mol. The molecule has 122 valence electrons. The van der Waals surface area contributed by atoms with Crippen LogP contribution in [0.2, 0.25) is 0 Å². The van der Waals surface area contributed by atoms with E-state index in [9.17, 15) is 0 Å². The van der Waals surface area contributed by atoms with Crippen LogP contribution in [0.25, 0.3) is 17.0 Å². The molecule has 0 radical (unpaired) electrons. The predicted octanol–water partition coefficient (Wildman–Crippen LogP) is 2.38. The molecule has 7 heteroatoms. The minimum absolute atomic E-state index is 0.341. The second-order valence-electron chi connectivity index (χ2n) is 6.84. The van der Waals surface area contributed by atoms with E-state index < -0.39 is 18.3 Å². The Kier molecular flexibility index (Phi) is 3.75. The van der Waals surface area contributed by atoms with Crippen molar-refractivity contribution < 1.29 is 13.8 Å². The Morgan fingerprint density at radius 3 is 2.48 bits per heavy atom. The molecule has 6 nitrogen and oxygen atoms in total. The standard InChI is InChI=1S/C16H22BN3O3/c1-15(2)16(3,4)23-17(22-15)11(9-18)7-10-5-6-13-12(8-10)14(19)20-21-13/h5-8H,9,18H2,1-4H3,(H2,19,20).